The number of hydrogen-bond donors (Lipinski definition) is 1. The molecule has 1 N–H and O–H groups in total. The van der Waals surface area contributed by atoms with Crippen LogP contribution in [-0.2, 0) is 31.3 Å². The Balaban J connectivity index is 1.41. The number of amides is 1. The first-order chi connectivity index (χ1) is 15.1. The van der Waals surface area contributed by atoms with Gasteiger partial charge in [0.2, 0.25) is 0 Å². The van der Waals surface area contributed by atoms with Crippen LogP contribution in [0.15, 0.2) is 41.3 Å². The monoisotopic (exact) mass is 421 g/mol. The molecule has 8 heteroatoms. The van der Waals surface area contributed by atoms with Crippen LogP contribution in [-0.4, -0.2) is 50.8 Å². The molecule has 2 aliphatic rings. The van der Waals surface area contributed by atoms with Crippen molar-refractivity contribution in [2.45, 2.75) is 38.5 Å². The summed E-state index contributed by atoms with van der Waals surface area (Å²) in [4.78, 5) is 28.3. The fourth-order valence-corrected chi connectivity index (χ4v) is 4.68. The van der Waals surface area contributed by atoms with E-state index in [0.717, 1.165) is 50.2 Å². The van der Waals surface area contributed by atoms with E-state index >= 15 is 0 Å². The summed E-state index contributed by atoms with van der Waals surface area (Å²) in [5, 5.41) is 7.21. The van der Waals surface area contributed by atoms with Gasteiger partial charge >= 0.3 is 0 Å². The molecule has 1 unspecified atom stereocenters. The highest BCUT2D eigenvalue weighted by molar-refractivity contribution is 5.99. The van der Waals surface area contributed by atoms with Crippen molar-refractivity contribution in [1.82, 2.24) is 24.4 Å². The number of rotatable bonds is 5. The number of ether oxygens (including phenoxy) is 1. The van der Waals surface area contributed by atoms with Crippen molar-refractivity contribution in [2.24, 2.45) is 7.05 Å². The molecule has 2 aromatic heterocycles. The topological polar surface area (TPSA) is 80.9 Å². The van der Waals surface area contributed by atoms with E-state index in [1.807, 2.05) is 29.8 Å². The SMILES string of the molecule is Cn1c2c(c(=O)n3ncc(C(=O)NCC4CCCO4)c13)CN(Cc1ccccc1)CC2. The van der Waals surface area contributed by atoms with Crippen LogP contribution in [0, 0.1) is 0 Å². The minimum atomic E-state index is -0.220. The maximum Gasteiger partial charge on any atom is 0.279 e. The van der Waals surface area contributed by atoms with Gasteiger partial charge in [0.1, 0.15) is 5.56 Å². The molecule has 1 saturated heterocycles. The van der Waals surface area contributed by atoms with Crippen molar-refractivity contribution < 1.29 is 9.53 Å². The summed E-state index contributed by atoms with van der Waals surface area (Å²) >= 11 is 0. The second-order valence-corrected chi connectivity index (χ2v) is 8.37. The molecule has 0 spiro atoms. The maximum atomic E-state index is 13.2. The van der Waals surface area contributed by atoms with Gasteiger partial charge in [0.05, 0.1) is 17.9 Å². The zero-order chi connectivity index (χ0) is 21.4. The fraction of sp³-hybridized carbons (Fsp3) is 0.435. The molecule has 1 amide bonds. The Morgan fingerprint density at radius 2 is 2.13 bits per heavy atom. The second kappa shape index (κ2) is 8.28. The molecule has 5 rings (SSSR count). The summed E-state index contributed by atoms with van der Waals surface area (Å²) < 4.78 is 8.91. The van der Waals surface area contributed by atoms with E-state index in [9.17, 15) is 9.59 Å². The van der Waals surface area contributed by atoms with Crippen molar-refractivity contribution in [3.63, 3.8) is 0 Å². The summed E-state index contributed by atoms with van der Waals surface area (Å²) in [6.45, 7) is 3.47. The van der Waals surface area contributed by atoms with Crippen molar-refractivity contribution in [3.8, 4) is 0 Å². The molecule has 162 valence electrons. The summed E-state index contributed by atoms with van der Waals surface area (Å²) in [5.41, 5.74) is 3.80. The third-order valence-corrected chi connectivity index (χ3v) is 6.32. The van der Waals surface area contributed by atoms with E-state index in [4.69, 9.17) is 4.74 Å². The lowest BCUT2D eigenvalue weighted by molar-refractivity contribution is 0.0858. The molecule has 0 saturated carbocycles. The Hall–Kier alpha value is -2.97. The maximum absolute atomic E-state index is 13.2. The van der Waals surface area contributed by atoms with Crippen molar-refractivity contribution >= 4 is 11.6 Å². The first kappa shape index (κ1) is 20.0. The Morgan fingerprint density at radius 1 is 1.29 bits per heavy atom. The molecule has 1 atom stereocenters. The number of hydrogen-bond acceptors (Lipinski definition) is 5. The van der Waals surface area contributed by atoms with Gasteiger partial charge in [0.15, 0.2) is 5.65 Å². The fourth-order valence-electron chi connectivity index (χ4n) is 4.68. The van der Waals surface area contributed by atoms with Crippen LogP contribution in [0.1, 0.15) is 40.0 Å². The smallest absolute Gasteiger partial charge is 0.279 e. The summed E-state index contributed by atoms with van der Waals surface area (Å²) in [6, 6.07) is 10.3. The Morgan fingerprint density at radius 3 is 2.90 bits per heavy atom. The lowest BCUT2D eigenvalue weighted by Crippen LogP contribution is -2.38. The number of carbonyl (C=O) groups excluding carboxylic acids is 1. The third-order valence-electron chi connectivity index (χ3n) is 6.32. The van der Waals surface area contributed by atoms with Crippen LogP contribution in [0.25, 0.3) is 5.65 Å². The van der Waals surface area contributed by atoms with E-state index < -0.39 is 0 Å². The highest BCUT2D eigenvalue weighted by Gasteiger charge is 2.26. The van der Waals surface area contributed by atoms with E-state index in [1.165, 1.54) is 16.3 Å². The minimum Gasteiger partial charge on any atom is -0.376 e. The van der Waals surface area contributed by atoms with Crippen molar-refractivity contribution in [2.75, 3.05) is 19.7 Å². The zero-order valence-electron chi connectivity index (χ0n) is 17.7. The minimum absolute atomic E-state index is 0.0676. The first-order valence-electron chi connectivity index (χ1n) is 10.9. The number of carbonyl (C=O) groups is 1. The Labute approximate surface area is 180 Å². The molecular formula is C23H27N5O3. The molecule has 3 aromatic rings. The standard InChI is InChI=1S/C23H27N5O3/c1-26-20-9-10-27(14-16-6-3-2-4-7-16)15-19(20)23(30)28-22(26)18(13-25-28)21(29)24-12-17-8-5-11-31-17/h2-4,6-7,13,17H,5,8-12,14-15H2,1H3,(H,24,29). The lowest BCUT2D eigenvalue weighted by atomic mass is 10.1. The number of aryl methyl sites for hydroxylation is 1. The highest BCUT2D eigenvalue weighted by Crippen LogP contribution is 2.21. The van der Waals surface area contributed by atoms with Gasteiger partial charge in [-0.25, -0.2) is 0 Å². The molecule has 0 aliphatic carbocycles. The highest BCUT2D eigenvalue weighted by atomic mass is 16.5. The summed E-state index contributed by atoms with van der Waals surface area (Å²) in [5.74, 6) is -0.220. The van der Waals surface area contributed by atoms with Crippen molar-refractivity contribution in [1.29, 1.82) is 0 Å². The van der Waals surface area contributed by atoms with Gasteiger partial charge in [-0.1, -0.05) is 30.3 Å². The molecule has 1 aromatic carbocycles. The second-order valence-electron chi connectivity index (χ2n) is 8.37. The Bertz CT molecular complexity index is 1160. The predicted octanol–water partition coefficient (Wildman–Crippen LogP) is 1.50. The van der Waals surface area contributed by atoms with Gasteiger partial charge in [0, 0.05) is 51.9 Å². The van der Waals surface area contributed by atoms with Crippen LogP contribution < -0.4 is 10.9 Å². The molecule has 2 aliphatic heterocycles. The number of fused-ring (bicyclic) bond motifs is 2. The number of nitrogens with one attached hydrogen (secondary N) is 1. The van der Waals surface area contributed by atoms with Crippen LogP contribution in [0.2, 0.25) is 0 Å². The van der Waals surface area contributed by atoms with Gasteiger partial charge in [0.25, 0.3) is 11.5 Å². The quantitative estimate of drug-likeness (QED) is 0.675. The molecule has 4 heterocycles. The zero-order valence-corrected chi connectivity index (χ0v) is 17.7. The molecule has 1 fully saturated rings. The average Bonchev–Trinajstić information content (AvgIpc) is 3.47. The van der Waals surface area contributed by atoms with Crippen LogP contribution in [0.3, 0.4) is 0 Å². The lowest BCUT2D eigenvalue weighted by Gasteiger charge is -2.29. The predicted molar refractivity (Wildman–Crippen MR) is 116 cm³/mol. The first-order valence-corrected chi connectivity index (χ1v) is 10.9. The number of aromatic nitrogens is 3. The van der Waals surface area contributed by atoms with Crippen LogP contribution >= 0.6 is 0 Å². The number of nitrogens with zero attached hydrogens (tertiary/aromatic N) is 4. The summed E-state index contributed by atoms with van der Waals surface area (Å²) in [6.07, 6.45) is 4.30. The normalized spacial score (nSPS) is 18.9. The molecular weight excluding hydrogens is 394 g/mol. The van der Waals surface area contributed by atoms with Crippen molar-refractivity contribution in [3.05, 3.63) is 69.3 Å². The van der Waals surface area contributed by atoms with Gasteiger partial charge < -0.3 is 14.6 Å². The van der Waals surface area contributed by atoms with Crippen LogP contribution in [0.5, 0.6) is 0 Å². The van der Waals surface area contributed by atoms with Gasteiger partial charge in [-0.15, -0.1) is 0 Å². The van der Waals surface area contributed by atoms with E-state index in [1.54, 1.807) is 0 Å². The van der Waals surface area contributed by atoms with E-state index in [2.05, 4.69) is 27.4 Å². The molecule has 0 radical (unpaired) electrons. The average molecular weight is 422 g/mol. The largest absolute Gasteiger partial charge is 0.376 e. The van der Waals surface area contributed by atoms with E-state index in [-0.39, 0.29) is 17.6 Å². The van der Waals surface area contributed by atoms with Gasteiger partial charge in [-0.2, -0.15) is 9.61 Å². The molecule has 8 nitrogen and oxygen atoms in total. The van der Waals surface area contributed by atoms with E-state index in [0.29, 0.717) is 24.3 Å². The molecule has 31 heavy (non-hydrogen) atoms. The van der Waals surface area contributed by atoms with Gasteiger partial charge in [-0.05, 0) is 18.4 Å². The molecule has 0 bridgehead atoms. The van der Waals surface area contributed by atoms with Crippen LogP contribution in [0.4, 0.5) is 0 Å². The Kier molecular flexibility index (Phi) is 5.33. The summed E-state index contributed by atoms with van der Waals surface area (Å²) in [7, 11) is 1.92. The third kappa shape index (κ3) is 3.77. The van der Waals surface area contributed by atoms with Gasteiger partial charge in [-0.3, -0.25) is 14.5 Å². The number of benzene rings is 1.